The molecule has 2 heterocycles. The molecule has 2 fully saturated rings. The number of likely N-dealkylation sites (tertiary alicyclic amines) is 1. The summed E-state index contributed by atoms with van der Waals surface area (Å²) in [4.78, 5) is 13.9. The van der Waals surface area contributed by atoms with Gasteiger partial charge in [-0.25, -0.2) is 0 Å². The summed E-state index contributed by atoms with van der Waals surface area (Å²) in [6.45, 7) is 3.22. The van der Waals surface area contributed by atoms with Gasteiger partial charge in [-0.15, -0.1) is 0 Å². The van der Waals surface area contributed by atoms with Crippen molar-refractivity contribution in [2.24, 2.45) is 5.41 Å². The Kier molecular flexibility index (Phi) is 5.58. The highest BCUT2D eigenvalue weighted by Gasteiger charge is 2.47. The van der Waals surface area contributed by atoms with Gasteiger partial charge in [0.15, 0.2) is 11.5 Å². The molecular weight excluding hydrogens is 336 g/mol. The van der Waals surface area contributed by atoms with Gasteiger partial charge in [0, 0.05) is 24.7 Å². The molecule has 2 N–H and O–H groups in total. The van der Waals surface area contributed by atoms with Gasteiger partial charge < -0.3 is 24.6 Å². The zero-order valence-electron chi connectivity index (χ0n) is 15.7. The minimum Gasteiger partial charge on any atom is -0.496 e. The van der Waals surface area contributed by atoms with Crippen molar-refractivity contribution < 1.29 is 24.1 Å². The molecule has 7 nitrogen and oxygen atoms in total. The van der Waals surface area contributed by atoms with Gasteiger partial charge in [0.2, 0.25) is 0 Å². The molecule has 144 valence electrons. The third-order valence-electron chi connectivity index (χ3n) is 5.71. The number of rotatable bonds is 6. The molecule has 0 aromatic heterocycles. The molecule has 0 amide bonds. The van der Waals surface area contributed by atoms with E-state index in [1.165, 1.54) is 0 Å². The van der Waals surface area contributed by atoms with E-state index in [1.54, 1.807) is 27.4 Å². The van der Waals surface area contributed by atoms with Gasteiger partial charge >= 0.3 is 5.97 Å². The predicted molar refractivity (Wildman–Crippen MR) is 97.1 cm³/mol. The SMILES string of the molecule is COc1cc(OC)c(OC)cc1CN1CC2(CCNCC2)C[C@H]1C(=O)O. The minimum absolute atomic E-state index is 0.0953. The number of nitrogens with zero attached hydrogens (tertiary/aromatic N) is 1. The number of piperidine rings is 1. The Labute approximate surface area is 154 Å². The maximum absolute atomic E-state index is 11.9. The van der Waals surface area contributed by atoms with E-state index in [0.29, 0.717) is 30.2 Å². The van der Waals surface area contributed by atoms with Crippen molar-refractivity contribution in [3.8, 4) is 17.2 Å². The van der Waals surface area contributed by atoms with Crippen molar-refractivity contribution in [1.29, 1.82) is 0 Å². The number of nitrogens with one attached hydrogen (secondary N) is 1. The molecule has 2 saturated heterocycles. The van der Waals surface area contributed by atoms with Gasteiger partial charge in [0.05, 0.1) is 21.3 Å². The van der Waals surface area contributed by atoms with E-state index in [1.807, 2.05) is 6.07 Å². The van der Waals surface area contributed by atoms with Crippen LogP contribution in [0.4, 0.5) is 0 Å². The van der Waals surface area contributed by atoms with Crippen molar-refractivity contribution >= 4 is 5.97 Å². The third kappa shape index (κ3) is 3.59. The number of carboxylic acid groups (broad SMARTS) is 1. The van der Waals surface area contributed by atoms with Crippen LogP contribution in [0.1, 0.15) is 24.8 Å². The number of carboxylic acids is 1. The molecule has 2 aliphatic heterocycles. The number of methoxy groups -OCH3 is 3. The highest BCUT2D eigenvalue weighted by Crippen LogP contribution is 2.44. The van der Waals surface area contributed by atoms with Crippen molar-refractivity contribution in [1.82, 2.24) is 10.2 Å². The van der Waals surface area contributed by atoms with Crippen LogP contribution >= 0.6 is 0 Å². The van der Waals surface area contributed by atoms with Crippen LogP contribution in [0.2, 0.25) is 0 Å². The predicted octanol–water partition coefficient (Wildman–Crippen LogP) is 1.74. The molecule has 26 heavy (non-hydrogen) atoms. The maximum Gasteiger partial charge on any atom is 0.320 e. The Bertz CT molecular complexity index is 658. The average molecular weight is 364 g/mol. The van der Waals surface area contributed by atoms with Crippen molar-refractivity contribution in [2.45, 2.75) is 31.8 Å². The number of hydrogen-bond donors (Lipinski definition) is 2. The van der Waals surface area contributed by atoms with Gasteiger partial charge in [-0.3, -0.25) is 9.69 Å². The van der Waals surface area contributed by atoms with E-state index in [2.05, 4.69) is 10.2 Å². The number of carbonyl (C=O) groups is 1. The Morgan fingerprint density at radius 2 is 1.77 bits per heavy atom. The normalized spacial score (nSPS) is 22.3. The molecule has 1 aromatic rings. The quantitative estimate of drug-likeness (QED) is 0.796. The molecule has 0 saturated carbocycles. The van der Waals surface area contributed by atoms with E-state index in [4.69, 9.17) is 14.2 Å². The second-order valence-corrected chi connectivity index (χ2v) is 7.23. The number of ether oxygens (including phenoxy) is 3. The van der Waals surface area contributed by atoms with Crippen LogP contribution in [0.5, 0.6) is 17.2 Å². The number of hydrogen-bond acceptors (Lipinski definition) is 6. The summed E-state index contributed by atoms with van der Waals surface area (Å²) < 4.78 is 16.2. The summed E-state index contributed by atoms with van der Waals surface area (Å²) in [7, 11) is 4.78. The van der Waals surface area contributed by atoms with Gasteiger partial charge in [-0.05, 0) is 43.8 Å². The Morgan fingerprint density at radius 3 is 2.35 bits per heavy atom. The fraction of sp³-hybridized carbons (Fsp3) is 0.632. The molecule has 2 aliphatic rings. The summed E-state index contributed by atoms with van der Waals surface area (Å²) in [5, 5.41) is 13.1. The van der Waals surface area contributed by atoms with Crippen molar-refractivity contribution in [2.75, 3.05) is 41.0 Å². The van der Waals surface area contributed by atoms with E-state index < -0.39 is 12.0 Å². The molecule has 0 unspecified atom stereocenters. The topological polar surface area (TPSA) is 80.3 Å². The summed E-state index contributed by atoms with van der Waals surface area (Å²) >= 11 is 0. The van der Waals surface area contributed by atoms with Crippen LogP contribution in [0.25, 0.3) is 0 Å². The van der Waals surface area contributed by atoms with Gasteiger partial charge in [0.1, 0.15) is 11.8 Å². The molecule has 3 rings (SSSR count). The lowest BCUT2D eigenvalue weighted by Crippen LogP contribution is -2.38. The summed E-state index contributed by atoms with van der Waals surface area (Å²) in [5.41, 5.74) is 1.00. The van der Waals surface area contributed by atoms with Crippen LogP contribution in [-0.4, -0.2) is 63.0 Å². The van der Waals surface area contributed by atoms with Crippen LogP contribution in [0.15, 0.2) is 12.1 Å². The summed E-state index contributed by atoms with van der Waals surface area (Å²) in [6.07, 6.45) is 2.76. The van der Waals surface area contributed by atoms with Gasteiger partial charge in [0.25, 0.3) is 0 Å². The first-order valence-electron chi connectivity index (χ1n) is 8.98. The van der Waals surface area contributed by atoms with E-state index in [0.717, 1.165) is 38.0 Å². The van der Waals surface area contributed by atoms with E-state index in [-0.39, 0.29) is 5.41 Å². The molecular formula is C19H28N2O5. The lowest BCUT2D eigenvalue weighted by molar-refractivity contribution is -0.142. The van der Waals surface area contributed by atoms with Crippen LogP contribution < -0.4 is 19.5 Å². The fourth-order valence-corrected chi connectivity index (χ4v) is 4.31. The van der Waals surface area contributed by atoms with Crippen LogP contribution in [0, 0.1) is 5.41 Å². The Morgan fingerprint density at radius 1 is 1.15 bits per heavy atom. The molecule has 1 aromatic carbocycles. The van der Waals surface area contributed by atoms with Crippen molar-refractivity contribution in [3.05, 3.63) is 17.7 Å². The first-order chi connectivity index (χ1) is 12.5. The van der Waals surface area contributed by atoms with Crippen molar-refractivity contribution in [3.63, 3.8) is 0 Å². The molecule has 1 atom stereocenters. The standard InChI is InChI=1S/C19H28N2O5/c1-24-15-9-17(26-3)16(25-2)8-13(15)11-21-12-19(4-6-20-7-5-19)10-14(21)18(22)23/h8-9,14,20H,4-7,10-12H2,1-3H3,(H,22,23)/t14-/m0/s1. The second kappa shape index (κ2) is 7.72. The molecule has 0 bridgehead atoms. The lowest BCUT2D eigenvalue weighted by atomic mass is 9.77. The third-order valence-corrected chi connectivity index (χ3v) is 5.71. The van der Waals surface area contributed by atoms with Gasteiger partial charge in [-0.1, -0.05) is 0 Å². The average Bonchev–Trinajstić information content (AvgIpc) is 2.99. The zero-order valence-corrected chi connectivity index (χ0v) is 15.7. The highest BCUT2D eigenvalue weighted by atomic mass is 16.5. The largest absolute Gasteiger partial charge is 0.496 e. The minimum atomic E-state index is -0.750. The van der Waals surface area contributed by atoms with Crippen LogP contribution in [-0.2, 0) is 11.3 Å². The first kappa shape index (κ1) is 18.8. The second-order valence-electron chi connectivity index (χ2n) is 7.23. The first-order valence-corrected chi connectivity index (χ1v) is 8.98. The van der Waals surface area contributed by atoms with Crippen LogP contribution in [0.3, 0.4) is 0 Å². The zero-order chi connectivity index (χ0) is 18.7. The molecule has 7 heteroatoms. The Hall–Kier alpha value is -1.99. The molecule has 0 aliphatic carbocycles. The van der Waals surface area contributed by atoms with E-state index >= 15 is 0 Å². The monoisotopic (exact) mass is 364 g/mol. The number of benzene rings is 1. The lowest BCUT2D eigenvalue weighted by Gasteiger charge is -2.33. The molecule has 1 spiro atoms. The smallest absolute Gasteiger partial charge is 0.320 e. The van der Waals surface area contributed by atoms with E-state index in [9.17, 15) is 9.90 Å². The number of aliphatic carboxylic acids is 1. The highest BCUT2D eigenvalue weighted by molar-refractivity contribution is 5.74. The maximum atomic E-state index is 11.9. The fourth-order valence-electron chi connectivity index (χ4n) is 4.31. The Balaban J connectivity index is 1.87. The summed E-state index contributed by atoms with van der Waals surface area (Å²) in [6, 6.07) is 3.20. The summed E-state index contributed by atoms with van der Waals surface area (Å²) in [5.74, 6) is 1.14. The van der Waals surface area contributed by atoms with Gasteiger partial charge in [-0.2, -0.15) is 0 Å². The molecule has 0 radical (unpaired) electrons.